The van der Waals surface area contributed by atoms with E-state index in [-0.39, 0.29) is 0 Å². The highest BCUT2D eigenvalue weighted by Crippen LogP contribution is 2.39. The molecule has 0 spiro atoms. The maximum absolute atomic E-state index is 5.93. The van der Waals surface area contributed by atoms with Gasteiger partial charge in [0, 0.05) is 20.0 Å². The summed E-state index contributed by atoms with van der Waals surface area (Å²) in [6.45, 7) is 2.11. The van der Waals surface area contributed by atoms with E-state index in [0.717, 1.165) is 22.4 Å². The maximum Gasteiger partial charge on any atom is 0.132 e. The lowest BCUT2D eigenvalue weighted by atomic mass is 9.99. The molecule has 86 valence electrons. The van der Waals surface area contributed by atoms with Crippen molar-refractivity contribution in [3.05, 3.63) is 55.1 Å². The van der Waals surface area contributed by atoms with Crippen LogP contribution < -0.4 is 4.74 Å². The van der Waals surface area contributed by atoms with Crippen LogP contribution in [0.3, 0.4) is 0 Å². The third-order valence-corrected chi connectivity index (χ3v) is 4.49. The molecule has 0 N–H and O–H groups in total. The zero-order valence-corrected chi connectivity index (χ0v) is 13.0. The summed E-state index contributed by atoms with van der Waals surface area (Å²) in [5.41, 5.74) is 3.78. The standard InChI is InChI=1S/C14H10BrIO/c1-8-4-9-5-10-6-11(16)2-3-13(10)17-14(9)7-12(8)15/h2-4,6-7H,5H2,1H3. The fraction of sp³-hybridized carbons (Fsp3) is 0.143. The van der Waals surface area contributed by atoms with Crippen LogP contribution in [-0.2, 0) is 6.42 Å². The fourth-order valence-electron chi connectivity index (χ4n) is 2.07. The molecular weight excluding hydrogens is 391 g/mol. The molecule has 3 heteroatoms. The van der Waals surface area contributed by atoms with Crippen molar-refractivity contribution >= 4 is 38.5 Å². The summed E-state index contributed by atoms with van der Waals surface area (Å²) in [6, 6.07) is 10.6. The first-order valence-corrected chi connectivity index (χ1v) is 7.26. The van der Waals surface area contributed by atoms with Gasteiger partial charge in [-0.2, -0.15) is 0 Å². The quantitative estimate of drug-likeness (QED) is 0.479. The van der Waals surface area contributed by atoms with E-state index in [1.54, 1.807) is 0 Å². The SMILES string of the molecule is Cc1cc2c(cc1Br)Oc1ccc(I)cc1C2. The topological polar surface area (TPSA) is 9.23 Å². The lowest BCUT2D eigenvalue weighted by Crippen LogP contribution is -2.03. The van der Waals surface area contributed by atoms with Gasteiger partial charge in [-0.05, 0) is 64.9 Å². The van der Waals surface area contributed by atoms with Crippen LogP contribution in [0.5, 0.6) is 11.5 Å². The molecule has 0 saturated heterocycles. The van der Waals surface area contributed by atoms with E-state index in [1.807, 2.05) is 6.07 Å². The minimum atomic E-state index is 0.954. The van der Waals surface area contributed by atoms with Crippen molar-refractivity contribution in [1.82, 2.24) is 0 Å². The lowest BCUT2D eigenvalue weighted by Gasteiger charge is -2.21. The molecule has 3 rings (SSSR count). The predicted octanol–water partition coefficient (Wildman–Crippen LogP) is 5.06. The van der Waals surface area contributed by atoms with Gasteiger partial charge >= 0.3 is 0 Å². The first-order chi connectivity index (χ1) is 8.13. The molecule has 0 bridgehead atoms. The largest absolute Gasteiger partial charge is 0.457 e. The molecular formula is C14H10BrIO. The molecule has 0 radical (unpaired) electrons. The Morgan fingerprint density at radius 3 is 2.71 bits per heavy atom. The summed E-state index contributed by atoms with van der Waals surface area (Å²) >= 11 is 5.88. The van der Waals surface area contributed by atoms with Gasteiger partial charge in [0.25, 0.3) is 0 Å². The first-order valence-electron chi connectivity index (χ1n) is 5.39. The number of rotatable bonds is 0. The van der Waals surface area contributed by atoms with Gasteiger partial charge in [-0.3, -0.25) is 0 Å². The van der Waals surface area contributed by atoms with Crippen molar-refractivity contribution in [2.45, 2.75) is 13.3 Å². The lowest BCUT2D eigenvalue weighted by molar-refractivity contribution is 0.459. The van der Waals surface area contributed by atoms with Crippen molar-refractivity contribution in [2.75, 3.05) is 0 Å². The first kappa shape index (κ1) is 11.5. The van der Waals surface area contributed by atoms with Crippen molar-refractivity contribution < 1.29 is 4.74 Å². The van der Waals surface area contributed by atoms with Gasteiger partial charge in [0.2, 0.25) is 0 Å². The Balaban J connectivity index is 2.11. The minimum Gasteiger partial charge on any atom is -0.457 e. The summed E-state index contributed by atoms with van der Waals surface area (Å²) in [5.74, 6) is 1.95. The van der Waals surface area contributed by atoms with Crippen LogP contribution in [0.4, 0.5) is 0 Å². The molecule has 1 heterocycles. The molecule has 1 aliphatic heterocycles. The molecule has 1 nitrogen and oxygen atoms in total. The van der Waals surface area contributed by atoms with E-state index in [2.05, 4.69) is 69.7 Å². The van der Waals surface area contributed by atoms with E-state index in [0.29, 0.717) is 0 Å². The van der Waals surface area contributed by atoms with Gasteiger partial charge in [0.15, 0.2) is 0 Å². The van der Waals surface area contributed by atoms with E-state index in [1.165, 1.54) is 20.3 Å². The van der Waals surface area contributed by atoms with Gasteiger partial charge in [-0.1, -0.05) is 22.0 Å². The highest BCUT2D eigenvalue weighted by molar-refractivity contribution is 14.1. The predicted molar refractivity (Wildman–Crippen MR) is 80.9 cm³/mol. The Morgan fingerprint density at radius 2 is 1.88 bits per heavy atom. The highest BCUT2D eigenvalue weighted by atomic mass is 127. The fourth-order valence-corrected chi connectivity index (χ4v) is 2.94. The maximum atomic E-state index is 5.93. The van der Waals surface area contributed by atoms with Gasteiger partial charge in [-0.15, -0.1) is 0 Å². The second-order valence-electron chi connectivity index (χ2n) is 4.24. The average molecular weight is 401 g/mol. The van der Waals surface area contributed by atoms with E-state index >= 15 is 0 Å². The minimum absolute atomic E-state index is 0.954. The van der Waals surface area contributed by atoms with Crippen LogP contribution in [-0.4, -0.2) is 0 Å². The number of fused-ring (bicyclic) bond motifs is 2. The number of hydrogen-bond donors (Lipinski definition) is 0. The van der Waals surface area contributed by atoms with Crippen LogP contribution in [0.15, 0.2) is 34.8 Å². The number of ether oxygens (including phenoxy) is 1. The summed E-state index contributed by atoms with van der Waals surface area (Å²) < 4.78 is 8.29. The summed E-state index contributed by atoms with van der Waals surface area (Å²) in [7, 11) is 0. The molecule has 0 unspecified atom stereocenters. The van der Waals surface area contributed by atoms with Gasteiger partial charge in [0.05, 0.1) is 0 Å². The third kappa shape index (κ3) is 2.10. The Hall–Kier alpha value is -0.550. The molecule has 0 fully saturated rings. The summed E-state index contributed by atoms with van der Waals surface area (Å²) in [4.78, 5) is 0. The second kappa shape index (κ2) is 4.28. The van der Waals surface area contributed by atoms with Crippen LogP contribution in [0.2, 0.25) is 0 Å². The zero-order valence-electron chi connectivity index (χ0n) is 9.26. The molecule has 0 amide bonds. The van der Waals surface area contributed by atoms with Crippen LogP contribution >= 0.6 is 38.5 Å². The number of hydrogen-bond acceptors (Lipinski definition) is 1. The van der Waals surface area contributed by atoms with Crippen LogP contribution in [0, 0.1) is 10.5 Å². The van der Waals surface area contributed by atoms with Gasteiger partial charge < -0.3 is 4.74 Å². The Labute approximate surface area is 122 Å². The molecule has 0 aliphatic carbocycles. The molecule has 1 aliphatic rings. The Bertz CT molecular complexity index is 607. The number of aryl methyl sites for hydroxylation is 1. The molecule has 2 aromatic carbocycles. The Kier molecular flexibility index (Phi) is 2.91. The summed E-state index contributed by atoms with van der Waals surface area (Å²) in [6.07, 6.45) is 0.954. The van der Waals surface area contributed by atoms with Crippen molar-refractivity contribution in [3.63, 3.8) is 0 Å². The van der Waals surface area contributed by atoms with E-state index in [9.17, 15) is 0 Å². The van der Waals surface area contributed by atoms with Crippen molar-refractivity contribution in [3.8, 4) is 11.5 Å². The number of halogens is 2. The van der Waals surface area contributed by atoms with Crippen molar-refractivity contribution in [2.24, 2.45) is 0 Å². The average Bonchev–Trinajstić information content (AvgIpc) is 2.28. The molecule has 0 saturated carbocycles. The smallest absolute Gasteiger partial charge is 0.132 e. The molecule has 0 atom stereocenters. The highest BCUT2D eigenvalue weighted by Gasteiger charge is 2.18. The number of benzene rings is 2. The molecule has 2 aromatic rings. The monoisotopic (exact) mass is 400 g/mol. The van der Waals surface area contributed by atoms with E-state index in [4.69, 9.17) is 4.74 Å². The van der Waals surface area contributed by atoms with Crippen LogP contribution in [0.1, 0.15) is 16.7 Å². The Morgan fingerprint density at radius 1 is 1.12 bits per heavy atom. The molecule has 17 heavy (non-hydrogen) atoms. The van der Waals surface area contributed by atoms with Gasteiger partial charge in [0.1, 0.15) is 11.5 Å². The van der Waals surface area contributed by atoms with Crippen molar-refractivity contribution in [1.29, 1.82) is 0 Å². The van der Waals surface area contributed by atoms with E-state index < -0.39 is 0 Å². The normalized spacial score (nSPS) is 12.6. The molecule has 0 aromatic heterocycles. The van der Waals surface area contributed by atoms with Crippen LogP contribution in [0.25, 0.3) is 0 Å². The third-order valence-electron chi connectivity index (χ3n) is 2.97. The zero-order chi connectivity index (χ0) is 12.0. The van der Waals surface area contributed by atoms with Gasteiger partial charge in [-0.25, -0.2) is 0 Å². The second-order valence-corrected chi connectivity index (χ2v) is 6.34. The summed E-state index contributed by atoms with van der Waals surface area (Å²) in [5, 5.41) is 0.